The van der Waals surface area contributed by atoms with E-state index >= 15 is 0 Å². The molecule has 3 rings (SSSR count). The smallest absolute Gasteiger partial charge is 0.153 e. The summed E-state index contributed by atoms with van der Waals surface area (Å²) < 4.78 is 15.0. The Kier molecular flexibility index (Phi) is 3.82. The number of rotatable bonds is 2. The molecule has 106 valence electrons. The van der Waals surface area contributed by atoms with Gasteiger partial charge in [0, 0.05) is 14.5 Å². The van der Waals surface area contributed by atoms with Gasteiger partial charge in [-0.2, -0.15) is 5.10 Å². The van der Waals surface area contributed by atoms with Gasteiger partial charge in [-0.25, -0.2) is 4.39 Å². The van der Waals surface area contributed by atoms with E-state index in [1.807, 2.05) is 18.2 Å². The highest BCUT2D eigenvalue weighted by molar-refractivity contribution is 9.11. The van der Waals surface area contributed by atoms with Crippen LogP contribution in [-0.4, -0.2) is 10.2 Å². The predicted molar refractivity (Wildman–Crippen MR) is 89.2 cm³/mol. The van der Waals surface area contributed by atoms with E-state index < -0.39 is 0 Å². The van der Waals surface area contributed by atoms with E-state index in [1.165, 1.54) is 12.1 Å². The highest BCUT2D eigenvalue weighted by Crippen LogP contribution is 2.38. The Morgan fingerprint density at radius 1 is 1.05 bits per heavy atom. The number of halogens is 3. The van der Waals surface area contributed by atoms with Crippen molar-refractivity contribution in [3.8, 4) is 22.4 Å². The van der Waals surface area contributed by atoms with E-state index in [4.69, 9.17) is 5.73 Å². The van der Waals surface area contributed by atoms with Crippen LogP contribution >= 0.6 is 31.9 Å². The summed E-state index contributed by atoms with van der Waals surface area (Å²) in [5.41, 5.74) is 9.25. The van der Waals surface area contributed by atoms with Crippen LogP contribution in [0.25, 0.3) is 22.4 Å². The molecule has 0 saturated heterocycles. The van der Waals surface area contributed by atoms with Crippen LogP contribution in [0.1, 0.15) is 0 Å². The van der Waals surface area contributed by atoms with Gasteiger partial charge in [-0.1, -0.05) is 44.0 Å². The molecule has 0 amide bonds. The SMILES string of the molecule is Nc1n[nH]c(-c2cc(Br)ccc2Br)c1-c1ccc(F)cc1. The largest absolute Gasteiger partial charge is 0.382 e. The molecule has 0 spiro atoms. The van der Waals surface area contributed by atoms with Crippen LogP contribution in [0.4, 0.5) is 10.2 Å². The molecule has 0 fully saturated rings. The van der Waals surface area contributed by atoms with Gasteiger partial charge in [-0.3, -0.25) is 5.10 Å². The van der Waals surface area contributed by atoms with Crippen molar-refractivity contribution >= 4 is 37.7 Å². The second kappa shape index (κ2) is 5.61. The summed E-state index contributed by atoms with van der Waals surface area (Å²) in [7, 11) is 0. The number of benzene rings is 2. The topological polar surface area (TPSA) is 54.7 Å². The summed E-state index contributed by atoms with van der Waals surface area (Å²) in [5, 5.41) is 7.04. The first-order valence-corrected chi connectivity index (χ1v) is 7.70. The molecule has 0 unspecified atom stereocenters. The molecule has 2 aromatic carbocycles. The number of hydrogen-bond acceptors (Lipinski definition) is 2. The van der Waals surface area contributed by atoms with Crippen molar-refractivity contribution in [3.05, 3.63) is 57.2 Å². The van der Waals surface area contributed by atoms with Gasteiger partial charge in [0.25, 0.3) is 0 Å². The molecule has 0 aliphatic heterocycles. The minimum Gasteiger partial charge on any atom is -0.382 e. The molecule has 0 radical (unpaired) electrons. The van der Waals surface area contributed by atoms with Gasteiger partial charge in [-0.05, 0) is 35.9 Å². The Morgan fingerprint density at radius 2 is 1.76 bits per heavy atom. The zero-order chi connectivity index (χ0) is 15.0. The molecule has 0 aliphatic rings. The molecule has 6 heteroatoms. The van der Waals surface area contributed by atoms with Crippen molar-refractivity contribution in [2.75, 3.05) is 5.73 Å². The highest BCUT2D eigenvalue weighted by Gasteiger charge is 2.17. The van der Waals surface area contributed by atoms with Crippen LogP contribution in [-0.2, 0) is 0 Å². The third-order valence-corrected chi connectivity index (χ3v) is 4.31. The maximum Gasteiger partial charge on any atom is 0.153 e. The first kappa shape index (κ1) is 14.3. The van der Waals surface area contributed by atoms with E-state index in [0.29, 0.717) is 5.82 Å². The van der Waals surface area contributed by atoms with Gasteiger partial charge in [-0.15, -0.1) is 0 Å². The quantitative estimate of drug-likeness (QED) is 0.625. The number of hydrogen-bond donors (Lipinski definition) is 2. The van der Waals surface area contributed by atoms with E-state index in [9.17, 15) is 4.39 Å². The first-order chi connectivity index (χ1) is 10.1. The second-order valence-corrected chi connectivity index (χ2v) is 6.26. The average Bonchev–Trinajstić information content (AvgIpc) is 2.84. The van der Waals surface area contributed by atoms with Gasteiger partial charge in [0.2, 0.25) is 0 Å². The Morgan fingerprint density at radius 3 is 2.48 bits per heavy atom. The van der Waals surface area contributed by atoms with Crippen LogP contribution in [0.2, 0.25) is 0 Å². The summed E-state index contributed by atoms with van der Waals surface area (Å²) in [6, 6.07) is 12.0. The van der Waals surface area contributed by atoms with Crippen molar-refractivity contribution < 1.29 is 4.39 Å². The lowest BCUT2D eigenvalue weighted by Gasteiger charge is -2.07. The van der Waals surface area contributed by atoms with Gasteiger partial charge >= 0.3 is 0 Å². The normalized spacial score (nSPS) is 10.8. The van der Waals surface area contributed by atoms with Crippen molar-refractivity contribution in [2.45, 2.75) is 0 Å². The predicted octanol–water partition coefficient (Wildman–Crippen LogP) is 4.99. The molecule has 0 atom stereocenters. The zero-order valence-electron chi connectivity index (χ0n) is 10.7. The number of aromatic amines is 1. The van der Waals surface area contributed by atoms with Crippen molar-refractivity contribution in [2.24, 2.45) is 0 Å². The van der Waals surface area contributed by atoms with E-state index in [-0.39, 0.29) is 5.82 Å². The summed E-state index contributed by atoms with van der Waals surface area (Å²) in [6.07, 6.45) is 0. The lowest BCUT2D eigenvalue weighted by molar-refractivity contribution is 0.628. The molecule has 3 N–H and O–H groups in total. The Labute approximate surface area is 137 Å². The number of anilines is 1. The molecular weight excluding hydrogens is 401 g/mol. The van der Waals surface area contributed by atoms with Crippen LogP contribution in [0.3, 0.4) is 0 Å². The first-order valence-electron chi connectivity index (χ1n) is 6.11. The number of aromatic nitrogens is 2. The summed E-state index contributed by atoms with van der Waals surface area (Å²) in [6.45, 7) is 0. The third-order valence-electron chi connectivity index (χ3n) is 3.12. The molecular formula is C15H10Br2FN3. The summed E-state index contributed by atoms with van der Waals surface area (Å²) in [5.74, 6) is 0.0921. The molecule has 21 heavy (non-hydrogen) atoms. The Hall–Kier alpha value is -1.66. The highest BCUT2D eigenvalue weighted by atomic mass is 79.9. The molecule has 1 heterocycles. The number of nitrogen functional groups attached to an aromatic ring is 1. The van der Waals surface area contributed by atoms with Crippen LogP contribution in [0, 0.1) is 5.82 Å². The van der Waals surface area contributed by atoms with Crippen molar-refractivity contribution in [1.82, 2.24) is 10.2 Å². The van der Waals surface area contributed by atoms with Crippen molar-refractivity contribution in [1.29, 1.82) is 0 Å². The third kappa shape index (κ3) is 2.73. The van der Waals surface area contributed by atoms with E-state index in [1.54, 1.807) is 12.1 Å². The van der Waals surface area contributed by atoms with E-state index in [0.717, 1.165) is 31.3 Å². The molecule has 0 bridgehead atoms. The molecule has 0 aliphatic carbocycles. The lowest BCUT2D eigenvalue weighted by Crippen LogP contribution is -1.89. The fourth-order valence-corrected chi connectivity index (χ4v) is 2.95. The monoisotopic (exact) mass is 409 g/mol. The molecule has 3 nitrogen and oxygen atoms in total. The van der Waals surface area contributed by atoms with Crippen LogP contribution < -0.4 is 5.73 Å². The fourth-order valence-electron chi connectivity index (χ4n) is 2.15. The average molecular weight is 411 g/mol. The minimum atomic E-state index is -0.286. The number of nitrogens with one attached hydrogen (secondary N) is 1. The van der Waals surface area contributed by atoms with Crippen LogP contribution in [0.15, 0.2) is 51.4 Å². The van der Waals surface area contributed by atoms with Gasteiger partial charge in [0.15, 0.2) is 5.82 Å². The zero-order valence-corrected chi connectivity index (χ0v) is 13.9. The van der Waals surface area contributed by atoms with Gasteiger partial charge in [0.1, 0.15) is 5.82 Å². The lowest BCUT2D eigenvalue weighted by atomic mass is 10.0. The van der Waals surface area contributed by atoms with Gasteiger partial charge in [0.05, 0.1) is 11.3 Å². The van der Waals surface area contributed by atoms with Gasteiger partial charge < -0.3 is 5.73 Å². The summed E-state index contributed by atoms with van der Waals surface area (Å²) >= 11 is 6.98. The standard InChI is InChI=1S/C15H10Br2FN3/c16-9-3-6-12(17)11(7-9)14-13(15(19)21-20-14)8-1-4-10(18)5-2-8/h1-7H,(H3,19,20,21). The second-order valence-electron chi connectivity index (χ2n) is 4.49. The maximum atomic E-state index is 13.1. The molecule has 0 saturated carbocycles. The maximum absolute atomic E-state index is 13.1. The Bertz CT molecular complexity index is 797. The number of nitrogens with zero attached hydrogens (tertiary/aromatic N) is 1. The van der Waals surface area contributed by atoms with E-state index in [2.05, 4.69) is 42.1 Å². The molecule has 3 aromatic rings. The molecule has 1 aromatic heterocycles. The number of nitrogens with two attached hydrogens (primary N) is 1. The van der Waals surface area contributed by atoms with Crippen molar-refractivity contribution in [3.63, 3.8) is 0 Å². The van der Waals surface area contributed by atoms with Crippen LogP contribution in [0.5, 0.6) is 0 Å². The minimum absolute atomic E-state index is 0.286. The number of H-pyrrole nitrogens is 1. The Balaban J connectivity index is 2.21. The fraction of sp³-hybridized carbons (Fsp3) is 0. The summed E-state index contributed by atoms with van der Waals surface area (Å²) in [4.78, 5) is 0.